The van der Waals surface area contributed by atoms with Gasteiger partial charge in [-0.05, 0) is 98.8 Å². The van der Waals surface area contributed by atoms with Crippen molar-refractivity contribution in [2.75, 3.05) is 73.6 Å². The summed E-state index contributed by atoms with van der Waals surface area (Å²) < 4.78 is 0. The number of hydrogen-bond acceptors (Lipinski definition) is 9. The van der Waals surface area contributed by atoms with Gasteiger partial charge >= 0.3 is 0 Å². The molecule has 3 aliphatic heterocycles. The van der Waals surface area contributed by atoms with Crippen LogP contribution < -0.4 is 14.7 Å². The van der Waals surface area contributed by atoms with Crippen LogP contribution in [0.1, 0.15) is 75.8 Å². The molecular formula is C37H52N6O3. The Hall–Kier alpha value is -3.20. The van der Waals surface area contributed by atoms with E-state index in [4.69, 9.17) is 9.97 Å². The van der Waals surface area contributed by atoms with Crippen LogP contribution >= 0.6 is 0 Å². The van der Waals surface area contributed by atoms with E-state index in [9.17, 15) is 14.7 Å². The highest BCUT2D eigenvalue weighted by atomic mass is 16.3. The zero-order valence-corrected chi connectivity index (χ0v) is 27.9. The van der Waals surface area contributed by atoms with Gasteiger partial charge in [0.1, 0.15) is 29.0 Å². The summed E-state index contributed by atoms with van der Waals surface area (Å²) in [6, 6.07) is 7.75. The Morgan fingerprint density at radius 2 is 1.54 bits per heavy atom. The molecule has 5 aliphatic rings. The maximum absolute atomic E-state index is 14.0. The predicted molar refractivity (Wildman–Crippen MR) is 182 cm³/mol. The van der Waals surface area contributed by atoms with Crippen molar-refractivity contribution in [3.8, 4) is 5.75 Å². The third-order valence-electron chi connectivity index (χ3n) is 12.1. The smallest absolute Gasteiger partial charge is 0.229 e. The number of ketones is 2. The second-order valence-corrected chi connectivity index (χ2v) is 15.1. The number of rotatable bonds is 9. The molecule has 1 aromatic carbocycles. The second kappa shape index (κ2) is 13.1. The Morgan fingerprint density at radius 3 is 2.24 bits per heavy atom. The Bertz CT molecular complexity index is 1390. The molecule has 2 aliphatic carbocycles. The van der Waals surface area contributed by atoms with Crippen molar-refractivity contribution in [2.45, 2.75) is 78.1 Å². The SMILES string of the molecule is Cc1ccc(O)cc1CCC1CC(=O)CC2(C)C(C(=O)CN3CCN(c4cc(N5CCCC5)nc(N5CCCC5)n4)CC3)CCC12. The summed E-state index contributed by atoms with van der Waals surface area (Å²) in [7, 11) is 0. The monoisotopic (exact) mass is 628 g/mol. The van der Waals surface area contributed by atoms with Gasteiger partial charge in [-0.2, -0.15) is 9.97 Å². The quantitative estimate of drug-likeness (QED) is 0.411. The van der Waals surface area contributed by atoms with Crippen LogP contribution in [0, 0.1) is 30.1 Å². The van der Waals surface area contributed by atoms with Gasteiger partial charge in [0.05, 0.1) is 6.54 Å². The van der Waals surface area contributed by atoms with Gasteiger partial charge in [0, 0.05) is 77.2 Å². The lowest BCUT2D eigenvalue weighted by Gasteiger charge is -2.44. The molecule has 2 aromatic rings. The largest absolute Gasteiger partial charge is 0.508 e. The van der Waals surface area contributed by atoms with Crippen LogP contribution in [0.4, 0.5) is 17.6 Å². The van der Waals surface area contributed by atoms with Crippen LogP contribution in [0.25, 0.3) is 0 Å². The van der Waals surface area contributed by atoms with E-state index in [1.165, 1.54) is 31.2 Å². The number of fused-ring (bicyclic) bond motifs is 1. The van der Waals surface area contributed by atoms with Crippen molar-refractivity contribution in [3.63, 3.8) is 0 Å². The molecule has 0 radical (unpaired) electrons. The highest BCUT2D eigenvalue weighted by molar-refractivity contribution is 5.87. The number of nitrogens with zero attached hydrogens (tertiary/aromatic N) is 6. The van der Waals surface area contributed by atoms with E-state index >= 15 is 0 Å². The van der Waals surface area contributed by atoms with E-state index in [1.807, 2.05) is 12.1 Å². The minimum Gasteiger partial charge on any atom is -0.508 e. The van der Waals surface area contributed by atoms with Crippen LogP contribution in [0.2, 0.25) is 0 Å². The fourth-order valence-corrected chi connectivity index (χ4v) is 9.53. The molecule has 4 heterocycles. The normalized spacial score (nSPS) is 28.7. The molecule has 248 valence electrons. The Kier molecular flexibility index (Phi) is 8.96. The average Bonchev–Trinajstić information content (AvgIpc) is 3.83. The lowest BCUT2D eigenvalue weighted by Crippen LogP contribution is -2.50. The minimum atomic E-state index is -0.244. The molecule has 7 rings (SSSR count). The molecule has 3 saturated heterocycles. The fraction of sp³-hybridized carbons (Fsp3) is 0.676. The molecule has 4 atom stereocenters. The van der Waals surface area contributed by atoms with E-state index in [0.717, 1.165) is 101 Å². The van der Waals surface area contributed by atoms with Crippen LogP contribution in [-0.4, -0.2) is 90.4 Å². The summed E-state index contributed by atoms with van der Waals surface area (Å²) in [5.41, 5.74) is 2.10. The maximum atomic E-state index is 14.0. The van der Waals surface area contributed by atoms with E-state index in [2.05, 4.69) is 39.5 Å². The van der Waals surface area contributed by atoms with E-state index in [-0.39, 0.29) is 11.3 Å². The number of carbonyl (C=O) groups excluding carboxylic acids is 2. The van der Waals surface area contributed by atoms with Gasteiger partial charge in [0.15, 0.2) is 0 Å². The van der Waals surface area contributed by atoms with E-state index < -0.39 is 0 Å². The first-order valence-corrected chi connectivity index (χ1v) is 18.0. The van der Waals surface area contributed by atoms with Gasteiger partial charge in [0.25, 0.3) is 0 Å². The molecule has 9 nitrogen and oxygen atoms in total. The molecule has 5 fully saturated rings. The Morgan fingerprint density at radius 1 is 0.891 bits per heavy atom. The molecule has 0 spiro atoms. The summed E-state index contributed by atoms with van der Waals surface area (Å²) >= 11 is 0. The number of phenols is 1. The lowest BCUT2D eigenvalue weighted by atomic mass is 9.59. The summed E-state index contributed by atoms with van der Waals surface area (Å²) in [4.78, 5) is 46.6. The Labute approximate surface area is 274 Å². The van der Waals surface area contributed by atoms with Crippen LogP contribution in [0.15, 0.2) is 24.3 Å². The Balaban J connectivity index is 0.977. The average molecular weight is 629 g/mol. The van der Waals surface area contributed by atoms with Gasteiger partial charge in [0.2, 0.25) is 5.95 Å². The molecular weight excluding hydrogens is 576 g/mol. The van der Waals surface area contributed by atoms with Gasteiger partial charge in [-0.3, -0.25) is 14.5 Å². The van der Waals surface area contributed by atoms with Gasteiger partial charge in [-0.25, -0.2) is 0 Å². The molecule has 2 saturated carbocycles. The number of Topliss-reactive ketones (excluding diaryl/α,β-unsaturated/α-hetero) is 2. The predicted octanol–water partition coefficient (Wildman–Crippen LogP) is 5.03. The molecule has 46 heavy (non-hydrogen) atoms. The highest BCUT2D eigenvalue weighted by Gasteiger charge is 2.55. The summed E-state index contributed by atoms with van der Waals surface area (Å²) in [6.07, 6.45) is 9.73. The first-order valence-electron chi connectivity index (χ1n) is 18.0. The van der Waals surface area contributed by atoms with E-state index in [0.29, 0.717) is 48.5 Å². The molecule has 0 bridgehead atoms. The van der Waals surface area contributed by atoms with E-state index in [1.54, 1.807) is 6.07 Å². The zero-order chi connectivity index (χ0) is 31.8. The third kappa shape index (κ3) is 6.36. The number of aromatic nitrogens is 2. The van der Waals surface area contributed by atoms with Gasteiger partial charge in [-0.1, -0.05) is 13.0 Å². The molecule has 1 N–H and O–H groups in total. The van der Waals surface area contributed by atoms with Crippen molar-refractivity contribution in [2.24, 2.45) is 23.2 Å². The number of aromatic hydroxyl groups is 1. The number of aryl methyl sites for hydroxylation is 2. The highest BCUT2D eigenvalue weighted by Crippen LogP contribution is 2.57. The first kappa shape index (κ1) is 31.4. The van der Waals surface area contributed by atoms with Crippen molar-refractivity contribution in [3.05, 3.63) is 35.4 Å². The number of carbonyl (C=O) groups is 2. The molecule has 0 amide bonds. The van der Waals surface area contributed by atoms with Crippen molar-refractivity contribution >= 4 is 29.2 Å². The second-order valence-electron chi connectivity index (χ2n) is 15.1. The van der Waals surface area contributed by atoms with Gasteiger partial charge < -0.3 is 19.8 Å². The van der Waals surface area contributed by atoms with Crippen molar-refractivity contribution < 1.29 is 14.7 Å². The number of piperazine rings is 1. The zero-order valence-electron chi connectivity index (χ0n) is 27.9. The van der Waals surface area contributed by atoms with Crippen molar-refractivity contribution in [1.82, 2.24) is 14.9 Å². The third-order valence-corrected chi connectivity index (χ3v) is 12.1. The number of phenolic OH excluding ortho intramolecular Hbond substituents is 1. The lowest BCUT2D eigenvalue weighted by molar-refractivity contribution is -0.135. The fourth-order valence-electron chi connectivity index (χ4n) is 9.53. The first-order chi connectivity index (χ1) is 22.3. The van der Waals surface area contributed by atoms with Crippen molar-refractivity contribution in [1.29, 1.82) is 0 Å². The number of benzene rings is 1. The van der Waals surface area contributed by atoms with Gasteiger partial charge in [-0.15, -0.1) is 0 Å². The molecule has 1 aromatic heterocycles. The number of anilines is 3. The molecule has 4 unspecified atom stereocenters. The molecule has 9 heteroatoms. The summed E-state index contributed by atoms with van der Waals surface area (Å²) in [6.45, 7) is 12.4. The summed E-state index contributed by atoms with van der Waals surface area (Å²) in [5, 5.41) is 10.0. The van der Waals surface area contributed by atoms with Crippen LogP contribution in [-0.2, 0) is 16.0 Å². The maximum Gasteiger partial charge on any atom is 0.229 e. The number of hydrogen-bond donors (Lipinski definition) is 1. The topological polar surface area (TPSA) is 93.1 Å². The minimum absolute atomic E-state index is 0.0438. The summed E-state index contributed by atoms with van der Waals surface area (Å²) in [5.74, 6) is 4.55. The van der Waals surface area contributed by atoms with Crippen LogP contribution in [0.5, 0.6) is 5.75 Å². The van der Waals surface area contributed by atoms with Crippen LogP contribution in [0.3, 0.4) is 0 Å². The standard InChI is InChI=1S/C37H52N6O3/c1-26-7-10-29(44)21-27(26)8-9-28-22-30(45)24-37(2)31(28)11-12-32(37)33(46)25-40-17-19-42(20-18-40)35-23-34(41-13-3-4-14-41)38-36(39-35)43-15-5-6-16-43/h7,10,21,23,28,31-32,44H,3-6,8-9,11-20,22,24-25H2,1-2H3.